The van der Waals surface area contributed by atoms with Gasteiger partial charge in [-0.1, -0.05) is 0 Å². The van der Waals surface area contributed by atoms with Crippen LogP contribution < -0.4 is 16.4 Å². The van der Waals surface area contributed by atoms with Crippen molar-refractivity contribution in [2.75, 3.05) is 38.2 Å². The Morgan fingerprint density at radius 3 is 2.65 bits per heavy atom. The van der Waals surface area contributed by atoms with Gasteiger partial charge in [0.25, 0.3) is 5.69 Å². The van der Waals surface area contributed by atoms with Gasteiger partial charge >= 0.3 is 0 Å². The SMILES string of the molecule is CCOCCCN=C(N)NCCNc1ccc([N+](=O)[O-])cc1.I. The number of nitrogens with one attached hydrogen (secondary N) is 2. The van der Waals surface area contributed by atoms with Crippen molar-refractivity contribution < 1.29 is 9.66 Å². The topological polar surface area (TPSA) is 115 Å². The maximum atomic E-state index is 10.5. The summed E-state index contributed by atoms with van der Waals surface area (Å²) in [5.74, 6) is 0.405. The smallest absolute Gasteiger partial charge is 0.269 e. The molecule has 1 rings (SSSR count). The normalized spacial score (nSPS) is 10.7. The van der Waals surface area contributed by atoms with Crippen molar-refractivity contribution in [2.45, 2.75) is 13.3 Å². The number of nitrogens with two attached hydrogens (primary N) is 1. The Morgan fingerprint density at radius 1 is 1.35 bits per heavy atom. The van der Waals surface area contributed by atoms with E-state index in [9.17, 15) is 10.1 Å². The van der Waals surface area contributed by atoms with Crippen molar-refractivity contribution in [1.29, 1.82) is 0 Å². The third-order valence-corrected chi connectivity index (χ3v) is 2.77. The number of rotatable bonds is 10. The second kappa shape index (κ2) is 12.9. The van der Waals surface area contributed by atoms with Gasteiger partial charge in [0.05, 0.1) is 4.92 Å². The van der Waals surface area contributed by atoms with Crippen molar-refractivity contribution in [3.63, 3.8) is 0 Å². The van der Waals surface area contributed by atoms with Gasteiger partial charge in [-0.25, -0.2) is 0 Å². The number of aliphatic imine (C=N–C) groups is 1. The van der Waals surface area contributed by atoms with Crippen LogP contribution in [0.15, 0.2) is 29.3 Å². The minimum Gasteiger partial charge on any atom is -0.383 e. The summed E-state index contributed by atoms with van der Waals surface area (Å²) in [6, 6.07) is 6.26. The Bertz CT molecular complexity index is 482. The Labute approximate surface area is 153 Å². The number of nitrogens with zero attached hydrogens (tertiary/aromatic N) is 2. The van der Waals surface area contributed by atoms with Crippen molar-refractivity contribution in [2.24, 2.45) is 10.7 Å². The average molecular weight is 437 g/mol. The first-order valence-electron chi connectivity index (χ1n) is 7.23. The molecule has 0 aliphatic carbocycles. The van der Waals surface area contributed by atoms with Crippen LogP contribution in [0.1, 0.15) is 13.3 Å². The maximum absolute atomic E-state index is 10.5. The van der Waals surface area contributed by atoms with Crippen LogP contribution in [0.4, 0.5) is 11.4 Å². The first kappa shape index (κ1) is 21.4. The van der Waals surface area contributed by atoms with Crippen LogP contribution in [-0.2, 0) is 4.74 Å². The third kappa shape index (κ3) is 9.89. The van der Waals surface area contributed by atoms with Crippen LogP contribution in [0.5, 0.6) is 0 Å². The van der Waals surface area contributed by atoms with E-state index in [1.54, 1.807) is 12.1 Å². The molecule has 0 saturated heterocycles. The van der Waals surface area contributed by atoms with Crippen molar-refractivity contribution in [1.82, 2.24) is 5.32 Å². The van der Waals surface area contributed by atoms with Gasteiger partial charge in [-0.05, 0) is 25.5 Å². The van der Waals surface area contributed by atoms with Crippen molar-refractivity contribution >= 4 is 41.3 Å². The molecule has 8 nitrogen and oxygen atoms in total. The molecule has 0 spiro atoms. The molecule has 0 fully saturated rings. The zero-order valence-electron chi connectivity index (χ0n) is 13.2. The third-order valence-electron chi connectivity index (χ3n) is 2.77. The van der Waals surface area contributed by atoms with Crippen LogP contribution >= 0.6 is 24.0 Å². The van der Waals surface area contributed by atoms with Gasteiger partial charge in [0.15, 0.2) is 5.96 Å². The zero-order chi connectivity index (χ0) is 16.2. The highest BCUT2D eigenvalue weighted by atomic mass is 127. The molecule has 0 aliphatic heterocycles. The van der Waals surface area contributed by atoms with Gasteiger partial charge in [0, 0.05) is 50.7 Å². The minimum absolute atomic E-state index is 0. The predicted octanol–water partition coefficient (Wildman–Crippen LogP) is 1.96. The molecular weight excluding hydrogens is 413 g/mol. The number of hydrogen-bond acceptors (Lipinski definition) is 5. The van der Waals surface area contributed by atoms with Gasteiger partial charge in [-0.3, -0.25) is 15.1 Å². The van der Waals surface area contributed by atoms with E-state index in [1.807, 2.05) is 6.92 Å². The molecule has 130 valence electrons. The first-order chi connectivity index (χ1) is 10.6. The molecule has 0 amide bonds. The lowest BCUT2D eigenvalue weighted by molar-refractivity contribution is -0.384. The van der Waals surface area contributed by atoms with Gasteiger partial charge in [0.2, 0.25) is 0 Å². The highest BCUT2D eigenvalue weighted by molar-refractivity contribution is 14.0. The lowest BCUT2D eigenvalue weighted by atomic mass is 10.3. The van der Waals surface area contributed by atoms with E-state index in [0.717, 1.165) is 12.1 Å². The second-order valence-corrected chi connectivity index (χ2v) is 4.47. The fourth-order valence-electron chi connectivity index (χ4n) is 1.66. The van der Waals surface area contributed by atoms with E-state index in [2.05, 4.69) is 15.6 Å². The summed E-state index contributed by atoms with van der Waals surface area (Å²) in [6.07, 6.45) is 0.845. The number of ether oxygens (including phenoxy) is 1. The van der Waals surface area contributed by atoms with Crippen LogP contribution in [-0.4, -0.2) is 43.7 Å². The number of anilines is 1. The molecule has 0 radical (unpaired) electrons. The Kier molecular flexibility index (Phi) is 12.0. The summed E-state index contributed by atoms with van der Waals surface area (Å²) >= 11 is 0. The molecule has 4 N–H and O–H groups in total. The summed E-state index contributed by atoms with van der Waals surface area (Å²) in [4.78, 5) is 14.3. The number of nitro benzene ring substituents is 1. The Hall–Kier alpha value is -1.62. The Balaban J connectivity index is 0.00000484. The van der Waals surface area contributed by atoms with Crippen molar-refractivity contribution in [3.8, 4) is 0 Å². The molecule has 0 aromatic heterocycles. The number of halogens is 1. The summed E-state index contributed by atoms with van der Waals surface area (Å²) in [5, 5.41) is 16.7. The van der Waals surface area contributed by atoms with Gasteiger partial charge in [-0.2, -0.15) is 0 Å². The zero-order valence-corrected chi connectivity index (χ0v) is 15.5. The first-order valence-corrected chi connectivity index (χ1v) is 7.23. The standard InChI is InChI=1S/C14H23N5O3.HI/c1-2-22-11-3-8-17-14(15)18-10-9-16-12-4-6-13(7-5-12)19(20)21;/h4-7,16H,2-3,8-11H2,1H3,(H3,15,17,18);1H. The van der Waals surface area contributed by atoms with E-state index in [0.29, 0.717) is 38.8 Å². The van der Waals surface area contributed by atoms with Crippen LogP contribution in [0, 0.1) is 10.1 Å². The average Bonchev–Trinajstić information content (AvgIpc) is 2.52. The quantitative estimate of drug-likeness (QED) is 0.129. The van der Waals surface area contributed by atoms with E-state index in [-0.39, 0.29) is 29.7 Å². The fraction of sp³-hybridized carbons (Fsp3) is 0.500. The molecule has 0 atom stereocenters. The van der Waals surface area contributed by atoms with E-state index < -0.39 is 4.92 Å². The number of hydrogen-bond donors (Lipinski definition) is 3. The van der Waals surface area contributed by atoms with Crippen LogP contribution in [0.3, 0.4) is 0 Å². The van der Waals surface area contributed by atoms with E-state index in [1.165, 1.54) is 12.1 Å². The summed E-state index contributed by atoms with van der Waals surface area (Å²) in [6.45, 7) is 5.23. The largest absolute Gasteiger partial charge is 0.383 e. The van der Waals surface area contributed by atoms with Crippen LogP contribution in [0.25, 0.3) is 0 Å². The predicted molar refractivity (Wildman–Crippen MR) is 103 cm³/mol. The highest BCUT2D eigenvalue weighted by Crippen LogP contribution is 2.14. The van der Waals surface area contributed by atoms with Gasteiger partial charge in [0.1, 0.15) is 0 Å². The molecule has 0 aliphatic rings. The number of nitro groups is 1. The summed E-state index contributed by atoms with van der Waals surface area (Å²) < 4.78 is 5.20. The summed E-state index contributed by atoms with van der Waals surface area (Å²) in [7, 11) is 0. The van der Waals surface area contributed by atoms with Gasteiger partial charge in [-0.15, -0.1) is 24.0 Å². The summed E-state index contributed by atoms with van der Waals surface area (Å²) in [5.41, 5.74) is 6.61. The lowest BCUT2D eigenvalue weighted by Gasteiger charge is -2.08. The fourth-order valence-corrected chi connectivity index (χ4v) is 1.66. The number of non-ortho nitro benzene ring substituents is 1. The van der Waals surface area contributed by atoms with Crippen molar-refractivity contribution in [3.05, 3.63) is 34.4 Å². The number of benzene rings is 1. The van der Waals surface area contributed by atoms with E-state index in [4.69, 9.17) is 10.5 Å². The molecule has 9 heteroatoms. The van der Waals surface area contributed by atoms with Gasteiger partial charge < -0.3 is 21.1 Å². The minimum atomic E-state index is -0.423. The molecule has 0 bridgehead atoms. The molecular formula is C14H24IN5O3. The lowest BCUT2D eigenvalue weighted by Crippen LogP contribution is -2.35. The Morgan fingerprint density at radius 2 is 2.04 bits per heavy atom. The maximum Gasteiger partial charge on any atom is 0.269 e. The van der Waals surface area contributed by atoms with E-state index >= 15 is 0 Å². The number of guanidine groups is 1. The highest BCUT2D eigenvalue weighted by Gasteiger charge is 2.03. The second-order valence-electron chi connectivity index (χ2n) is 4.47. The molecule has 1 aromatic carbocycles. The van der Waals surface area contributed by atoms with Crippen LogP contribution in [0.2, 0.25) is 0 Å². The molecule has 1 aromatic rings. The molecule has 0 unspecified atom stereocenters. The molecule has 23 heavy (non-hydrogen) atoms. The molecule has 0 saturated carbocycles. The molecule has 0 heterocycles. The monoisotopic (exact) mass is 437 g/mol.